The number of hydrogen-bond donors (Lipinski definition) is 3. The molecular weight excluding hydrogens is 600 g/mol. The van der Waals surface area contributed by atoms with Crippen molar-refractivity contribution in [3.63, 3.8) is 0 Å². The maximum atomic E-state index is 12.6. The Bertz CT molecular complexity index is 2000. The lowest BCUT2D eigenvalue weighted by Crippen LogP contribution is -2.42. The van der Waals surface area contributed by atoms with E-state index in [1.165, 1.54) is 46.6 Å². The van der Waals surface area contributed by atoms with E-state index in [4.69, 9.17) is 9.47 Å². The molecule has 5 heterocycles. The van der Waals surface area contributed by atoms with Crippen LogP contribution in [0.1, 0.15) is 18.8 Å². The number of esters is 1. The Morgan fingerprint density at radius 2 is 1.84 bits per heavy atom. The summed E-state index contributed by atoms with van der Waals surface area (Å²) in [5.41, 5.74) is -1.98. The number of aromatic nitrogens is 9. The first-order valence-corrected chi connectivity index (χ1v) is 13.7. The number of amides is 1. The zero-order chi connectivity index (χ0) is 32.6. The molecule has 0 aromatic carbocycles. The number of imidazole rings is 1. The van der Waals surface area contributed by atoms with Crippen LogP contribution in [0.2, 0.25) is 0 Å². The quantitative estimate of drug-likeness (QED) is 0.140. The second-order valence-electron chi connectivity index (χ2n) is 10.3. The number of aliphatic hydroxyl groups excluding tert-OH is 2. The molecule has 45 heavy (non-hydrogen) atoms. The summed E-state index contributed by atoms with van der Waals surface area (Å²) in [6, 6.07) is 1.16. The van der Waals surface area contributed by atoms with Gasteiger partial charge in [0.1, 0.15) is 43.7 Å². The summed E-state index contributed by atoms with van der Waals surface area (Å²) in [7, 11) is 2.76. The number of rotatable bonds is 10. The minimum absolute atomic E-state index is 0.0532. The Morgan fingerprint density at radius 3 is 2.58 bits per heavy atom. The van der Waals surface area contributed by atoms with Crippen LogP contribution < -0.4 is 27.8 Å². The molecule has 20 nitrogen and oxygen atoms in total. The number of nitrogens with zero attached hydrogens (tertiary/aromatic N) is 9. The van der Waals surface area contributed by atoms with Crippen molar-refractivity contribution in [3.8, 4) is 0 Å². The highest BCUT2D eigenvalue weighted by Crippen LogP contribution is 2.29. The zero-order valence-electron chi connectivity index (χ0n) is 24.3. The normalized spacial score (nSPS) is 19.7. The van der Waals surface area contributed by atoms with E-state index in [0.717, 1.165) is 19.8 Å². The smallest absolute Gasteiger partial charge is 0.333 e. The van der Waals surface area contributed by atoms with E-state index in [-0.39, 0.29) is 43.1 Å². The van der Waals surface area contributed by atoms with E-state index in [2.05, 4.69) is 20.6 Å². The van der Waals surface area contributed by atoms with Gasteiger partial charge in [-0.1, -0.05) is 5.21 Å². The highest BCUT2D eigenvalue weighted by Gasteiger charge is 2.44. The Hall–Kier alpha value is -5.21. The first-order valence-electron chi connectivity index (χ1n) is 13.7. The predicted molar refractivity (Wildman–Crippen MR) is 150 cm³/mol. The van der Waals surface area contributed by atoms with Gasteiger partial charge in [-0.3, -0.25) is 37.4 Å². The molecule has 0 radical (unpaired) electrons. The van der Waals surface area contributed by atoms with E-state index in [1.807, 2.05) is 0 Å². The van der Waals surface area contributed by atoms with Gasteiger partial charge in [-0.25, -0.2) is 19.3 Å². The molecule has 20 heteroatoms. The lowest BCUT2D eigenvalue weighted by molar-refractivity contribution is -0.145. The van der Waals surface area contributed by atoms with Gasteiger partial charge in [0, 0.05) is 32.9 Å². The summed E-state index contributed by atoms with van der Waals surface area (Å²) in [5, 5.41) is 31.2. The fourth-order valence-corrected chi connectivity index (χ4v) is 4.91. The maximum absolute atomic E-state index is 12.6. The molecule has 1 aliphatic heterocycles. The molecule has 0 spiro atoms. The van der Waals surface area contributed by atoms with Crippen molar-refractivity contribution < 1.29 is 29.3 Å². The third-order valence-corrected chi connectivity index (χ3v) is 7.32. The van der Waals surface area contributed by atoms with Crippen LogP contribution in [0, 0.1) is 0 Å². The molecule has 4 aromatic rings. The van der Waals surface area contributed by atoms with Crippen molar-refractivity contribution in [2.75, 3.05) is 6.54 Å². The van der Waals surface area contributed by atoms with Crippen molar-refractivity contribution in [2.24, 2.45) is 14.1 Å². The van der Waals surface area contributed by atoms with Gasteiger partial charge in [0.25, 0.3) is 11.1 Å². The van der Waals surface area contributed by atoms with Crippen LogP contribution >= 0.6 is 0 Å². The molecule has 4 aromatic heterocycles. The van der Waals surface area contributed by atoms with Gasteiger partial charge < -0.3 is 29.6 Å². The first-order chi connectivity index (χ1) is 21.4. The second-order valence-corrected chi connectivity index (χ2v) is 10.3. The number of nitrogens with one attached hydrogen (secondary N) is 1. The average molecular weight is 631 g/mol. The van der Waals surface area contributed by atoms with E-state index >= 15 is 0 Å². The number of aliphatic hydroxyl groups is 2. The molecule has 5 rings (SSSR count). The van der Waals surface area contributed by atoms with Crippen LogP contribution in [0.15, 0.2) is 44.0 Å². The summed E-state index contributed by atoms with van der Waals surface area (Å²) >= 11 is 0. The maximum Gasteiger partial charge on any atom is 0.333 e. The van der Waals surface area contributed by atoms with Crippen LogP contribution in [0.4, 0.5) is 0 Å². The highest BCUT2D eigenvalue weighted by atomic mass is 16.6. The number of ether oxygens (including phenoxy) is 2. The van der Waals surface area contributed by atoms with Gasteiger partial charge in [-0.05, 0) is 6.92 Å². The van der Waals surface area contributed by atoms with E-state index in [0.29, 0.717) is 0 Å². The SMILES string of the molecule is CCn1c(=O)ccn(C2OC(Cn3cc(COC(=O)CNC(=O)Cn4cnc5c4c(=O)n(C)c(=O)n5C)nn3)C(O)C2O)c1=O. The molecule has 4 atom stereocenters. The number of hydrogen-bond acceptors (Lipinski definition) is 13. The van der Waals surface area contributed by atoms with Crippen molar-refractivity contribution in [1.29, 1.82) is 0 Å². The third-order valence-electron chi connectivity index (χ3n) is 7.32. The molecule has 0 saturated carbocycles. The average Bonchev–Trinajstić information content (AvgIpc) is 3.72. The molecule has 1 saturated heterocycles. The summed E-state index contributed by atoms with van der Waals surface area (Å²) in [5.74, 6) is -1.40. The van der Waals surface area contributed by atoms with Crippen molar-refractivity contribution in [1.82, 2.24) is 48.1 Å². The van der Waals surface area contributed by atoms with Crippen LogP contribution in [0.5, 0.6) is 0 Å². The first kappa shape index (κ1) is 31.2. The van der Waals surface area contributed by atoms with Gasteiger partial charge in [0.05, 0.1) is 19.1 Å². The van der Waals surface area contributed by atoms with Crippen LogP contribution in [-0.4, -0.2) is 89.8 Å². The van der Waals surface area contributed by atoms with E-state index in [1.54, 1.807) is 6.92 Å². The largest absolute Gasteiger partial charge is 0.458 e. The van der Waals surface area contributed by atoms with Crippen molar-refractivity contribution in [2.45, 2.75) is 57.7 Å². The van der Waals surface area contributed by atoms with Crippen molar-refractivity contribution >= 4 is 23.0 Å². The van der Waals surface area contributed by atoms with E-state index in [9.17, 15) is 39.0 Å². The monoisotopic (exact) mass is 630 g/mol. The molecule has 4 unspecified atom stereocenters. The molecule has 1 aliphatic rings. The molecule has 3 N–H and O–H groups in total. The van der Waals surface area contributed by atoms with Gasteiger partial charge in [0.15, 0.2) is 17.4 Å². The lowest BCUT2D eigenvalue weighted by Gasteiger charge is -2.18. The third kappa shape index (κ3) is 5.97. The summed E-state index contributed by atoms with van der Waals surface area (Å²) < 4.78 is 17.5. The van der Waals surface area contributed by atoms with Crippen LogP contribution in [-0.2, 0) is 59.4 Å². The summed E-state index contributed by atoms with van der Waals surface area (Å²) in [4.78, 5) is 77.8. The van der Waals surface area contributed by atoms with Gasteiger partial charge >= 0.3 is 17.3 Å². The van der Waals surface area contributed by atoms with Crippen LogP contribution in [0.25, 0.3) is 11.2 Å². The number of aryl methyl sites for hydroxylation is 1. The van der Waals surface area contributed by atoms with Gasteiger partial charge in [-0.2, -0.15) is 0 Å². The Kier molecular flexibility index (Phi) is 8.62. The standard InChI is InChI=1S/C25H30N10O10/c1-4-34-16(37)5-6-35(25(34)43)23-20(40)19(39)14(45-23)9-33-8-13(28-29-33)11-44-17(38)7-26-15(36)10-32-12-27-21-18(32)22(41)31(3)24(42)30(21)2/h5-6,8,12,14,19-20,23,39-40H,4,7,9-11H2,1-3H3,(H,26,36). The zero-order valence-corrected chi connectivity index (χ0v) is 24.3. The summed E-state index contributed by atoms with van der Waals surface area (Å²) in [6.07, 6.45) is -1.25. The minimum atomic E-state index is -1.47. The molecule has 1 amide bonds. The molecule has 1 fully saturated rings. The topological polar surface area (TPSA) is 242 Å². The highest BCUT2D eigenvalue weighted by molar-refractivity contribution is 5.83. The summed E-state index contributed by atoms with van der Waals surface area (Å²) in [6.45, 7) is 0.540. The Labute approximate surface area is 251 Å². The fourth-order valence-electron chi connectivity index (χ4n) is 4.91. The van der Waals surface area contributed by atoms with E-state index < -0.39 is 65.5 Å². The molecular formula is C25H30N10O10. The Balaban J connectivity index is 1.12. The number of carbonyl (C=O) groups excluding carboxylic acids is 2. The minimum Gasteiger partial charge on any atom is -0.458 e. The van der Waals surface area contributed by atoms with Crippen molar-refractivity contribution in [3.05, 3.63) is 72.2 Å². The molecule has 240 valence electrons. The Morgan fingerprint density at radius 1 is 1.09 bits per heavy atom. The van der Waals surface area contributed by atoms with Crippen LogP contribution in [0.3, 0.4) is 0 Å². The lowest BCUT2D eigenvalue weighted by atomic mass is 10.1. The van der Waals surface area contributed by atoms with Gasteiger partial charge in [0.2, 0.25) is 5.91 Å². The number of fused-ring (bicyclic) bond motifs is 1. The molecule has 0 aliphatic carbocycles. The number of carbonyl (C=O) groups is 2. The predicted octanol–water partition coefficient (Wildman–Crippen LogP) is -4.45. The molecule has 0 bridgehead atoms. The fraction of sp³-hybridized carbons (Fsp3) is 0.480. The second kappa shape index (κ2) is 12.4. The van der Waals surface area contributed by atoms with Gasteiger partial charge in [-0.15, -0.1) is 5.10 Å².